The molecule has 28 heavy (non-hydrogen) atoms. The summed E-state index contributed by atoms with van der Waals surface area (Å²) in [5.74, 6) is 0.319. The fourth-order valence-corrected chi connectivity index (χ4v) is 4.23. The maximum atomic E-state index is 13.0. The SMILES string of the molecule is CCOc1ccccc1CN1C[C@H]2C(=O)Nc3ccccc3C(=O)N[C@@]2(C)C1. The van der Waals surface area contributed by atoms with Gasteiger partial charge in [0.05, 0.1) is 29.3 Å². The lowest BCUT2D eigenvalue weighted by Crippen LogP contribution is -2.56. The summed E-state index contributed by atoms with van der Waals surface area (Å²) in [6.45, 7) is 6.36. The van der Waals surface area contributed by atoms with Crippen LogP contribution in [0.3, 0.4) is 0 Å². The number of likely N-dealkylation sites (tertiary alicyclic amines) is 1. The maximum Gasteiger partial charge on any atom is 0.253 e. The number of rotatable bonds is 4. The zero-order valence-corrected chi connectivity index (χ0v) is 16.2. The van der Waals surface area contributed by atoms with Gasteiger partial charge >= 0.3 is 0 Å². The molecule has 0 radical (unpaired) electrons. The minimum absolute atomic E-state index is 0.0597. The smallest absolute Gasteiger partial charge is 0.253 e. The van der Waals surface area contributed by atoms with Crippen molar-refractivity contribution in [1.29, 1.82) is 0 Å². The third-order valence-electron chi connectivity index (χ3n) is 5.57. The molecule has 6 nitrogen and oxygen atoms in total. The molecule has 6 heteroatoms. The van der Waals surface area contributed by atoms with Crippen molar-refractivity contribution in [2.24, 2.45) is 5.92 Å². The predicted molar refractivity (Wildman–Crippen MR) is 107 cm³/mol. The molecule has 2 amide bonds. The van der Waals surface area contributed by atoms with Crippen LogP contribution in [0.1, 0.15) is 29.8 Å². The Labute approximate surface area is 164 Å². The van der Waals surface area contributed by atoms with Crippen molar-refractivity contribution in [3.63, 3.8) is 0 Å². The number of ether oxygens (including phenoxy) is 1. The lowest BCUT2D eigenvalue weighted by atomic mass is 9.86. The van der Waals surface area contributed by atoms with Crippen LogP contribution in [0.15, 0.2) is 48.5 Å². The first-order valence-corrected chi connectivity index (χ1v) is 9.65. The number of fused-ring (bicyclic) bond motifs is 2. The second-order valence-corrected chi connectivity index (χ2v) is 7.67. The van der Waals surface area contributed by atoms with Gasteiger partial charge in [-0.1, -0.05) is 30.3 Å². The zero-order chi connectivity index (χ0) is 19.7. The number of amides is 2. The van der Waals surface area contributed by atoms with E-state index in [1.54, 1.807) is 18.2 Å². The van der Waals surface area contributed by atoms with E-state index < -0.39 is 5.54 Å². The Kier molecular flexibility index (Phi) is 4.81. The average Bonchev–Trinajstić information content (AvgIpc) is 2.98. The Bertz CT molecular complexity index is 913. The highest BCUT2D eigenvalue weighted by Crippen LogP contribution is 2.33. The van der Waals surface area contributed by atoms with Gasteiger partial charge in [-0.15, -0.1) is 0 Å². The van der Waals surface area contributed by atoms with E-state index in [9.17, 15) is 9.59 Å². The normalized spacial score (nSPS) is 24.4. The van der Waals surface area contributed by atoms with E-state index >= 15 is 0 Å². The molecule has 2 aliphatic rings. The standard InChI is InChI=1S/C22H25N3O3/c1-3-28-19-11-7-4-8-15(19)12-25-13-17-21(27)23-18-10-6-5-9-16(18)20(26)24-22(17,2)14-25/h4-11,17H,3,12-14H2,1-2H3,(H,23,27)(H,24,26)/t17-,22-/m0/s1. The molecule has 0 aliphatic carbocycles. The first kappa shape index (κ1) is 18.5. The fourth-order valence-electron chi connectivity index (χ4n) is 4.23. The molecule has 0 bridgehead atoms. The summed E-state index contributed by atoms with van der Waals surface area (Å²) in [6.07, 6.45) is 0. The molecule has 2 aromatic carbocycles. The zero-order valence-electron chi connectivity index (χ0n) is 16.2. The molecule has 1 saturated heterocycles. The molecule has 0 aromatic heterocycles. The molecule has 4 rings (SSSR count). The highest BCUT2D eigenvalue weighted by atomic mass is 16.5. The Balaban J connectivity index is 1.59. The summed E-state index contributed by atoms with van der Waals surface area (Å²) >= 11 is 0. The molecule has 2 N–H and O–H groups in total. The number of benzene rings is 2. The second kappa shape index (κ2) is 7.28. The van der Waals surface area contributed by atoms with Gasteiger partial charge in [0.25, 0.3) is 5.91 Å². The molecule has 146 valence electrons. The van der Waals surface area contributed by atoms with Crippen LogP contribution in [0.5, 0.6) is 5.75 Å². The Morgan fingerprint density at radius 1 is 1.14 bits per heavy atom. The maximum absolute atomic E-state index is 13.0. The van der Waals surface area contributed by atoms with Crippen LogP contribution < -0.4 is 15.4 Å². The Morgan fingerprint density at radius 3 is 2.71 bits per heavy atom. The summed E-state index contributed by atoms with van der Waals surface area (Å²) in [5.41, 5.74) is 1.51. The molecule has 0 unspecified atom stereocenters. The van der Waals surface area contributed by atoms with Gasteiger partial charge in [0.15, 0.2) is 0 Å². The molecular formula is C22H25N3O3. The monoisotopic (exact) mass is 379 g/mol. The van der Waals surface area contributed by atoms with Crippen LogP contribution in [0.25, 0.3) is 0 Å². The van der Waals surface area contributed by atoms with Crippen LogP contribution in [0.4, 0.5) is 5.69 Å². The van der Waals surface area contributed by atoms with E-state index in [-0.39, 0.29) is 17.7 Å². The second-order valence-electron chi connectivity index (χ2n) is 7.67. The molecular weight excluding hydrogens is 354 g/mol. The van der Waals surface area contributed by atoms with E-state index in [0.717, 1.165) is 11.3 Å². The van der Waals surface area contributed by atoms with Crippen LogP contribution >= 0.6 is 0 Å². The first-order valence-electron chi connectivity index (χ1n) is 9.65. The molecule has 0 saturated carbocycles. The van der Waals surface area contributed by atoms with Crippen molar-refractivity contribution < 1.29 is 14.3 Å². The van der Waals surface area contributed by atoms with Crippen molar-refractivity contribution in [3.8, 4) is 5.75 Å². The molecule has 2 aromatic rings. The van der Waals surface area contributed by atoms with Crippen LogP contribution in [0.2, 0.25) is 0 Å². The largest absolute Gasteiger partial charge is 0.494 e. The van der Waals surface area contributed by atoms with Gasteiger partial charge in [-0.25, -0.2) is 0 Å². The van der Waals surface area contributed by atoms with Crippen molar-refractivity contribution in [3.05, 3.63) is 59.7 Å². The highest BCUT2D eigenvalue weighted by Gasteiger charge is 2.49. The van der Waals surface area contributed by atoms with E-state index in [4.69, 9.17) is 4.74 Å². The van der Waals surface area contributed by atoms with Crippen molar-refractivity contribution in [2.45, 2.75) is 25.9 Å². The molecule has 2 heterocycles. The van der Waals surface area contributed by atoms with Gasteiger partial charge in [0, 0.05) is 25.2 Å². The lowest BCUT2D eigenvalue weighted by molar-refractivity contribution is -0.121. The van der Waals surface area contributed by atoms with Crippen LogP contribution in [-0.2, 0) is 11.3 Å². The third kappa shape index (κ3) is 3.36. The number of nitrogens with zero attached hydrogens (tertiary/aromatic N) is 1. The van der Waals surface area contributed by atoms with Gasteiger partial charge in [0.1, 0.15) is 5.75 Å². The quantitative estimate of drug-likeness (QED) is 0.857. The topological polar surface area (TPSA) is 70.7 Å². The summed E-state index contributed by atoms with van der Waals surface area (Å²) in [6, 6.07) is 15.1. The number of para-hydroxylation sites is 2. The fraction of sp³-hybridized carbons (Fsp3) is 0.364. The number of nitrogens with one attached hydrogen (secondary N) is 2. The summed E-state index contributed by atoms with van der Waals surface area (Å²) in [7, 11) is 0. The van der Waals surface area contributed by atoms with Crippen LogP contribution in [-0.4, -0.2) is 41.9 Å². The van der Waals surface area contributed by atoms with Crippen LogP contribution in [0, 0.1) is 5.92 Å². The molecule has 2 atom stereocenters. The van der Waals surface area contributed by atoms with Crippen molar-refractivity contribution >= 4 is 17.5 Å². The third-order valence-corrected chi connectivity index (χ3v) is 5.57. The number of carbonyl (C=O) groups excluding carboxylic acids is 2. The molecule has 1 fully saturated rings. The van der Waals surface area contributed by atoms with Gasteiger partial charge in [0.2, 0.25) is 5.91 Å². The molecule has 0 spiro atoms. The van der Waals surface area contributed by atoms with Gasteiger partial charge < -0.3 is 15.4 Å². The highest BCUT2D eigenvalue weighted by molar-refractivity contribution is 6.06. The summed E-state index contributed by atoms with van der Waals surface area (Å²) in [4.78, 5) is 28.0. The number of hydrogen-bond donors (Lipinski definition) is 2. The van der Waals surface area contributed by atoms with Crippen molar-refractivity contribution in [1.82, 2.24) is 10.2 Å². The van der Waals surface area contributed by atoms with Gasteiger partial charge in [-0.3, -0.25) is 14.5 Å². The average molecular weight is 379 g/mol. The Hall–Kier alpha value is -2.86. The minimum Gasteiger partial charge on any atom is -0.494 e. The molecule has 2 aliphatic heterocycles. The predicted octanol–water partition coefficient (Wildman–Crippen LogP) is 2.66. The number of carbonyl (C=O) groups is 2. The first-order chi connectivity index (χ1) is 13.5. The van der Waals surface area contributed by atoms with E-state index in [1.165, 1.54) is 0 Å². The van der Waals surface area contributed by atoms with Gasteiger partial charge in [-0.05, 0) is 32.0 Å². The summed E-state index contributed by atoms with van der Waals surface area (Å²) in [5, 5.41) is 6.08. The number of hydrogen-bond acceptors (Lipinski definition) is 4. The van der Waals surface area contributed by atoms with E-state index in [2.05, 4.69) is 15.5 Å². The number of anilines is 1. The Morgan fingerprint density at radius 2 is 1.89 bits per heavy atom. The summed E-state index contributed by atoms with van der Waals surface area (Å²) < 4.78 is 5.74. The van der Waals surface area contributed by atoms with E-state index in [0.29, 0.717) is 37.5 Å². The minimum atomic E-state index is -0.630. The van der Waals surface area contributed by atoms with Crippen molar-refractivity contribution in [2.75, 3.05) is 25.0 Å². The van der Waals surface area contributed by atoms with Gasteiger partial charge in [-0.2, -0.15) is 0 Å². The lowest BCUT2D eigenvalue weighted by Gasteiger charge is -2.33. The van der Waals surface area contributed by atoms with E-state index in [1.807, 2.05) is 44.2 Å².